The normalized spacial score (nSPS) is 19.1. The zero-order valence-electron chi connectivity index (χ0n) is 11.9. The number of aryl methyl sites for hydroxylation is 1. The summed E-state index contributed by atoms with van der Waals surface area (Å²) in [5.41, 5.74) is 2.83. The summed E-state index contributed by atoms with van der Waals surface area (Å²) in [4.78, 5) is 2.64. The molecule has 2 nitrogen and oxygen atoms in total. The first-order valence-corrected chi connectivity index (χ1v) is 7.18. The molecule has 1 aromatic carbocycles. The van der Waals surface area contributed by atoms with Crippen LogP contribution in [-0.4, -0.2) is 31.1 Å². The molecule has 18 heavy (non-hydrogen) atoms. The van der Waals surface area contributed by atoms with E-state index in [1.807, 2.05) is 0 Å². The van der Waals surface area contributed by atoms with Crippen molar-refractivity contribution in [1.82, 2.24) is 10.2 Å². The van der Waals surface area contributed by atoms with Gasteiger partial charge in [-0.25, -0.2) is 0 Å². The molecule has 1 saturated heterocycles. The maximum atomic E-state index is 3.44. The second kappa shape index (κ2) is 6.35. The lowest BCUT2D eigenvalue weighted by Crippen LogP contribution is -2.45. The second-order valence-corrected chi connectivity index (χ2v) is 5.84. The number of hydrogen-bond acceptors (Lipinski definition) is 2. The minimum Gasteiger partial charge on any atom is -0.314 e. The first kappa shape index (κ1) is 13.6. The molecule has 0 aliphatic carbocycles. The van der Waals surface area contributed by atoms with Crippen LogP contribution in [0.5, 0.6) is 0 Å². The van der Waals surface area contributed by atoms with Crippen molar-refractivity contribution in [2.24, 2.45) is 5.92 Å². The Morgan fingerprint density at radius 1 is 1.11 bits per heavy atom. The molecule has 1 heterocycles. The lowest BCUT2D eigenvalue weighted by atomic mass is 9.94. The third-order valence-corrected chi connectivity index (χ3v) is 3.75. The van der Waals surface area contributed by atoms with Crippen LogP contribution in [0.25, 0.3) is 0 Å². The van der Waals surface area contributed by atoms with Gasteiger partial charge in [-0.05, 0) is 24.8 Å². The van der Waals surface area contributed by atoms with Gasteiger partial charge in [-0.3, -0.25) is 4.90 Å². The van der Waals surface area contributed by atoms with Crippen molar-refractivity contribution in [2.75, 3.05) is 26.2 Å². The van der Waals surface area contributed by atoms with Gasteiger partial charge in [-0.1, -0.05) is 43.7 Å². The van der Waals surface area contributed by atoms with Gasteiger partial charge in [-0.15, -0.1) is 0 Å². The Morgan fingerprint density at radius 2 is 1.72 bits per heavy atom. The van der Waals surface area contributed by atoms with E-state index >= 15 is 0 Å². The van der Waals surface area contributed by atoms with Crippen molar-refractivity contribution in [3.63, 3.8) is 0 Å². The van der Waals surface area contributed by atoms with Crippen LogP contribution in [-0.2, 0) is 0 Å². The molecule has 1 aliphatic rings. The molecular formula is C16H26N2. The number of rotatable bonds is 4. The van der Waals surface area contributed by atoms with Crippen LogP contribution < -0.4 is 5.32 Å². The summed E-state index contributed by atoms with van der Waals surface area (Å²) in [5, 5.41) is 3.44. The molecular weight excluding hydrogens is 220 g/mol. The molecule has 0 saturated carbocycles. The number of nitrogens with zero attached hydrogens (tertiary/aromatic N) is 1. The van der Waals surface area contributed by atoms with Gasteiger partial charge in [0.1, 0.15) is 0 Å². The molecule has 0 aromatic heterocycles. The molecule has 1 fully saturated rings. The van der Waals surface area contributed by atoms with Crippen LogP contribution >= 0.6 is 0 Å². The number of piperazine rings is 1. The Bertz CT molecular complexity index is 350. The fourth-order valence-corrected chi connectivity index (χ4v) is 2.72. The van der Waals surface area contributed by atoms with Gasteiger partial charge in [0.15, 0.2) is 0 Å². The van der Waals surface area contributed by atoms with E-state index in [0.717, 1.165) is 19.0 Å². The minimum atomic E-state index is 0.590. The van der Waals surface area contributed by atoms with Crippen LogP contribution in [0.1, 0.15) is 37.4 Å². The van der Waals surface area contributed by atoms with Crippen molar-refractivity contribution in [3.8, 4) is 0 Å². The molecule has 0 spiro atoms. The molecule has 1 aromatic rings. The smallest absolute Gasteiger partial charge is 0.0351 e. The van der Waals surface area contributed by atoms with Crippen molar-refractivity contribution in [3.05, 3.63) is 35.4 Å². The van der Waals surface area contributed by atoms with Crippen molar-refractivity contribution < 1.29 is 0 Å². The van der Waals surface area contributed by atoms with E-state index in [0.29, 0.717) is 6.04 Å². The van der Waals surface area contributed by atoms with E-state index in [4.69, 9.17) is 0 Å². The predicted octanol–water partition coefficient (Wildman–Crippen LogP) is 2.99. The van der Waals surface area contributed by atoms with Crippen LogP contribution in [0, 0.1) is 12.8 Å². The highest BCUT2D eigenvalue weighted by molar-refractivity contribution is 5.24. The van der Waals surface area contributed by atoms with E-state index in [1.165, 1.54) is 30.6 Å². The first-order valence-electron chi connectivity index (χ1n) is 7.18. The molecule has 1 aliphatic heterocycles. The lowest BCUT2D eigenvalue weighted by Gasteiger charge is -2.36. The highest BCUT2D eigenvalue weighted by Crippen LogP contribution is 2.28. The van der Waals surface area contributed by atoms with Crippen molar-refractivity contribution in [2.45, 2.75) is 33.2 Å². The maximum Gasteiger partial charge on any atom is 0.0351 e. The summed E-state index contributed by atoms with van der Waals surface area (Å²) in [7, 11) is 0. The molecule has 0 radical (unpaired) electrons. The Kier molecular flexibility index (Phi) is 4.79. The molecule has 100 valence electrons. The monoisotopic (exact) mass is 246 g/mol. The summed E-state index contributed by atoms with van der Waals surface area (Å²) < 4.78 is 0. The van der Waals surface area contributed by atoms with Gasteiger partial charge < -0.3 is 5.32 Å². The largest absolute Gasteiger partial charge is 0.314 e. The van der Waals surface area contributed by atoms with Crippen LogP contribution in [0.2, 0.25) is 0 Å². The van der Waals surface area contributed by atoms with Gasteiger partial charge >= 0.3 is 0 Å². The van der Waals surface area contributed by atoms with E-state index in [-0.39, 0.29) is 0 Å². The zero-order chi connectivity index (χ0) is 13.0. The Hall–Kier alpha value is -0.860. The Balaban J connectivity index is 2.15. The topological polar surface area (TPSA) is 15.3 Å². The summed E-state index contributed by atoms with van der Waals surface area (Å²) in [6.45, 7) is 11.4. The Morgan fingerprint density at radius 3 is 2.28 bits per heavy atom. The molecule has 0 amide bonds. The highest BCUT2D eigenvalue weighted by Gasteiger charge is 2.22. The average Bonchev–Trinajstić information content (AvgIpc) is 2.38. The quantitative estimate of drug-likeness (QED) is 0.878. The Labute approximate surface area is 111 Å². The lowest BCUT2D eigenvalue weighted by molar-refractivity contribution is 0.154. The summed E-state index contributed by atoms with van der Waals surface area (Å²) in [5.74, 6) is 0.742. The fraction of sp³-hybridized carbons (Fsp3) is 0.625. The molecule has 0 bridgehead atoms. The van der Waals surface area contributed by atoms with Crippen LogP contribution in [0.3, 0.4) is 0 Å². The van der Waals surface area contributed by atoms with Crippen LogP contribution in [0.4, 0.5) is 0 Å². The minimum absolute atomic E-state index is 0.590. The molecule has 1 unspecified atom stereocenters. The zero-order valence-corrected chi connectivity index (χ0v) is 11.9. The molecule has 1 N–H and O–H groups in total. The van der Waals surface area contributed by atoms with Gasteiger partial charge in [0.05, 0.1) is 0 Å². The highest BCUT2D eigenvalue weighted by atomic mass is 15.2. The van der Waals surface area contributed by atoms with Gasteiger partial charge in [0.2, 0.25) is 0 Å². The van der Waals surface area contributed by atoms with Crippen molar-refractivity contribution in [1.29, 1.82) is 0 Å². The summed E-state index contributed by atoms with van der Waals surface area (Å²) >= 11 is 0. The standard InChI is InChI=1S/C16H26N2/c1-13(2)12-16(18-10-8-17-9-11-18)15-6-4-14(3)5-7-15/h4-7,13,16-17H,8-12H2,1-3H3. The SMILES string of the molecule is Cc1ccc(C(CC(C)C)N2CCNCC2)cc1. The first-order chi connectivity index (χ1) is 8.66. The van der Waals surface area contributed by atoms with Gasteiger partial charge in [0.25, 0.3) is 0 Å². The van der Waals surface area contributed by atoms with E-state index in [2.05, 4.69) is 55.3 Å². The summed E-state index contributed by atoms with van der Waals surface area (Å²) in [6.07, 6.45) is 1.25. The van der Waals surface area contributed by atoms with Crippen molar-refractivity contribution >= 4 is 0 Å². The summed E-state index contributed by atoms with van der Waals surface area (Å²) in [6, 6.07) is 9.69. The molecule has 1 atom stereocenters. The second-order valence-electron chi connectivity index (χ2n) is 5.84. The fourth-order valence-electron chi connectivity index (χ4n) is 2.72. The average molecular weight is 246 g/mol. The molecule has 2 heteroatoms. The predicted molar refractivity (Wildman–Crippen MR) is 77.8 cm³/mol. The third kappa shape index (κ3) is 3.56. The maximum absolute atomic E-state index is 3.44. The van der Waals surface area contributed by atoms with Gasteiger partial charge in [-0.2, -0.15) is 0 Å². The van der Waals surface area contributed by atoms with E-state index in [9.17, 15) is 0 Å². The number of hydrogen-bond donors (Lipinski definition) is 1. The van der Waals surface area contributed by atoms with E-state index < -0.39 is 0 Å². The number of benzene rings is 1. The van der Waals surface area contributed by atoms with Gasteiger partial charge in [0, 0.05) is 32.2 Å². The van der Waals surface area contributed by atoms with E-state index in [1.54, 1.807) is 0 Å². The number of nitrogens with one attached hydrogen (secondary N) is 1. The molecule has 2 rings (SSSR count). The van der Waals surface area contributed by atoms with Crippen LogP contribution in [0.15, 0.2) is 24.3 Å². The third-order valence-electron chi connectivity index (χ3n) is 3.75.